The number of ether oxygens (including phenoxy) is 1. The van der Waals surface area contributed by atoms with Crippen molar-refractivity contribution in [3.05, 3.63) is 17.0 Å². The molecule has 0 radical (unpaired) electrons. The minimum atomic E-state index is -0.457. The van der Waals surface area contributed by atoms with E-state index in [1.165, 1.54) is 11.3 Å². The number of amides is 1. The Hall–Kier alpha value is -1.56. The maximum Gasteiger partial charge on any atom is 0.410 e. The highest BCUT2D eigenvalue weighted by atomic mass is 16.6. The van der Waals surface area contributed by atoms with Gasteiger partial charge in [-0.25, -0.2) is 4.79 Å². The highest BCUT2D eigenvalue weighted by molar-refractivity contribution is 5.68. The molecule has 2 N–H and O–H groups in total. The Kier molecular flexibility index (Phi) is 4.80. The number of hydrogen-bond donors (Lipinski definition) is 1. The fourth-order valence-corrected chi connectivity index (χ4v) is 2.99. The predicted octanol–water partition coefficient (Wildman–Crippen LogP) is 2.18. The molecule has 2 rings (SSSR count). The lowest BCUT2D eigenvalue weighted by molar-refractivity contribution is 0.0288. The normalized spacial score (nSPS) is 18.8. The average Bonchev–Trinajstić information content (AvgIpc) is 2.97. The number of carbonyl (C=O) groups is 1. The van der Waals surface area contributed by atoms with Crippen LogP contribution in [0, 0.1) is 13.8 Å². The molecule has 1 saturated heterocycles. The second-order valence-corrected chi connectivity index (χ2v) is 7.00. The second-order valence-electron chi connectivity index (χ2n) is 7.00. The first-order valence-electron chi connectivity index (χ1n) is 7.95. The molecule has 1 fully saturated rings. The fraction of sp³-hybridized carbons (Fsp3) is 0.750. The van der Waals surface area contributed by atoms with E-state index in [0.29, 0.717) is 19.6 Å². The molecule has 1 atom stereocenters. The van der Waals surface area contributed by atoms with Gasteiger partial charge < -0.3 is 15.4 Å². The van der Waals surface area contributed by atoms with E-state index in [1.54, 1.807) is 4.90 Å². The van der Waals surface area contributed by atoms with Crippen molar-refractivity contribution in [2.24, 2.45) is 5.73 Å². The van der Waals surface area contributed by atoms with Crippen molar-refractivity contribution >= 4 is 6.09 Å². The molecule has 124 valence electrons. The first-order valence-corrected chi connectivity index (χ1v) is 7.95. The molecule has 1 amide bonds. The van der Waals surface area contributed by atoms with Gasteiger partial charge in [0.25, 0.3) is 0 Å². The zero-order chi connectivity index (χ0) is 16.5. The molecule has 0 spiro atoms. The largest absolute Gasteiger partial charge is 0.444 e. The van der Waals surface area contributed by atoms with Crippen molar-refractivity contribution in [3.63, 3.8) is 0 Å². The summed E-state index contributed by atoms with van der Waals surface area (Å²) in [4.78, 5) is 13.9. The topological polar surface area (TPSA) is 73.4 Å². The molecule has 2 heterocycles. The Morgan fingerprint density at radius 3 is 2.68 bits per heavy atom. The van der Waals surface area contributed by atoms with Crippen LogP contribution in [-0.4, -0.2) is 46.0 Å². The smallest absolute Gasteiger partial charge is 0.410 e. The first-order chi connectivity index (χ1) is 10.2. The van der Waals surface area contributed by atoms with Crippen LogP contribution in [0.1, 0.15) is 50.2 Å². The summed E-state index contributed by atoms with van der Waals surface area (Å²) in [6, 6.07) is 0.220. The van der Waals surface area contributed by atoms with Crippen LogP contribution in [0.15, 0.2) is 0 Å². The molecule has 1 aromatic rings. The van der Waals surface area contributed by atoms with E-state index in [-0.39, 0.29) is 12.1 Å². The van der Waals surface area contributed by atoms with Gasteiger partial charge in [-0.2, -0.15) is 5.10 Å². The molecule has 6 nitrogen and oxygen atoms in total. The molecule has 1 aromatic heterocycles. The molecule has 22 heavy (non-hydrogen) atoms. The maximum atomic E-state index is 12.2. The number of rotatable bonds is 3. The Labute approximate surface area is 132 Å². The van der Waals surface area contributed by atoms with Crippen LogP contribution in [0.2, 0.25) is 0 Å². The van der Waals surface area contributed by atoms with E-state index in [0.717, 1.165) is 18.5 Å². The van der Waals surface area contributed by atoms with Gasteiger partial charge in [-0.15, -0.1) is 0 Å². The lowest BCUT2D eigenvalue weighted by Crippen LogP contribution is -2.35. The third-order valence-corrected chi connectivity index (χ3v) is 4.03. The summed E-state index contributed by atoms with van der Waals surface area (Å²) >= 11 is 0. The zero-order valence-corrected chi connectivity index (χ0v) is 14.3. The van der Waals surface area contributed by atoms with Gasteiger partial charge in [0.15, 0.2) is 0 Å². The highest BCUT2D eigenvalue weighted by Gasteiger charge is 2.32. The lowest BCUT2D eigenvalue weighted by Gasteiger charge is -2.24. The number of hydrogen-bond acceptors (Lipinski definition) is 4. The predicted molar refractivity (Wildman–Crippen MR) is 85.9 cm³/mol. The summed E-state index contributed by atoms with van der Waals surface area (Å²) in [5.41, 5.74) is 8.66. The summed E-state index contributed by atoms with van der Waals surface area (Å²) < 4.78 is 7.50. The number of nitrogens with zero attached hydrogens (tertiary/aromatic N) is 3. The van der Waals surface area contributed by atoms with Gasteiger partial charge in [-0.05, 0) is 59.6 Å². The molecule has 0 saturated carbocycles. The maximum absolute atomic E-state index is 12.2. The summed E-state index contributed by atoms with van der Waals surface area (Å²) in [6.07, 6.45) is 1.52. The van der Waals surface area contributed by atoms with Gasteiger partial charge in [-0.3, -0.25) is 4.68 Å². The lowest BCUT2D eigenvalue weighted by atomic mass is 10.1. The molecule has 0 bridgehead atoms. The van der Waals surface area contributed by atoms with Gasteiger partial charge in [0.05, 0.1) is 11.7 Å². The quantitative estimate of drug-likeness (QED) is 0.929. The zero-order valence-electron chi connectivity index (χ0n) is 14.3. The van der Waals surface area contributed by atoms with E-state index in [1.807, 2.05) is 27.7 Å². The molecule has 1 aliphatic rings. The second kappa shape index (κ2) is 6.28. The molecule has 6 heteroatoms. The number of carbonyl (C=O) groups excluding carboxylic acids is 1. The Balaban J connectivity index is 2.07. The van der Waals surface area contributed by atoms with Crippen molar-refractivity contribution < 1.29 is 9.53 Å². The van der Waals surface area contributed by atoms with Crippen LogP contribution in [0.4, 0.5) is 4.79 Å². The van der Waals surface area contributed by atoms with Gasteiger partial charge in [0.1, 0.15) is 5.60 Å². The van der Waals surface area contributed by atoms with Crippen molar-refractivity contribution in [3.8, 4) is 0 Å². The van der Waals surface area contributed by atoms with E-state index < -0.39 is 5.60 Å². The van der Waals surface area contributed by atoms with Gasteiger partial charge in [-0.1, -0.05) is 0 Å². The van der Waals surface area contributed by atoms with Crippen molar-refractivity contribution in [1.29, 1.82) is 0 Å². The number of likely N-dealkylation sites (tertiary alicyclic amines) is 1. The molecule has 1 unspecified atom stereocenters. The Morgan fingerprint density at radius 2 is 2.09 bits per heavy atom. The Bertz CT molecular complexity index is 545. The summed E-state index contributed by atoms with van der Waals surface area (Å²) in [5, 5.41) is 4.66. The van der Waals surface area contributed by atoms with Crippen LogP contribution >= 0.6 is 0 Å². The van der Waals surface area contributed by atoms with Gasteiger partial charge >= 0.3 is 6.09 Å². The third kappa shape index (κ3) is 3.61. The van der Waals surface area contributed by atoms with Crippen LogP contribution in [0.25, 0.3) is 0 Å². The van der Waals surface area contributed by atoms with E-state index in [4.69, 9.17) is 10.5 Å². The third-order valence-electron chi connectivity index (χ3n) is 4.03. The molecule has 0 aliphatic carbocycles. The summed E-state index contributed by atoms with van der Waals surface area (Å²) in [5.74, 6) is 0. The van der Waals surface area contributed by atoms with Crippen LogP contribution in [0.5, 0.6) is 0 Å². The monoisotopic (exact) mass is 308 g/mol. The van der Waals surface area contributed by atoms with Crippen LogP contribution in [0.3, 0.4) is 0 Å². The standard InChI is InChI=1S/C16H28N4O2/c1-11-14(6-8-17)12(2)20(18-11)13-7-9-19(10-13)15(21)22-16(3,4)5/h13H,6-10,17H2,1-5H3. The molecule has 1 aliphatic heterocycles. The van der Waals surface area contributed by atoms with Crippen molar-refractivity contribution in [1.82, 2.24) is 14.7 Å². The summed E-state index contributed by atoms with van der Waals surface area (Å²) in [6.45, 7) is 11.8. The van der Waals surface area contributed by atoms with Crippen LogP contribution < -0.4 is 5.73 Å². The summed E-state index contributed by atoms with van der Waals surface area (Å²) in [7, 11) is 0. The molecular weight excluding hydrogens is 280 g/mol. The number of nitrogens with two attached hydrogens (primary N) is 1. The first kappa shape index (κ1) is 16.8. The minimum Gasteiger partial charge on any atom is -0.444 e. The number of aryl methyl sites for hydroxylation is 1. The fourth-order valence-electron chi connectivity index (χ4n) is 2.99. The van der Waals surface area contributed by atoms with E-state index >= 15 is 0 Å². The minimum absolute atomic E-state index is 0.220. The van der Waals surface area contributed by atoms with Gasteiger partial charge in [0, 0.05) is 18.8 Å². The molecule has 0 aromatic carbocycles. The van der Waals surface area contributed by atoms with E-state index in [9.17, 15) is 4.79 Å². The number of aromatic nitrogens is 2. The van der Waals surface area contributed by atoms with Crippen LogP contribution in [-0.2, 0) is 11.2 Å². The Morgan fingerprint density at radius 1 is 1.41 bits per heavy atom. The van der Waals surface area contributed by atoms with Gasteiger partial charge in [0.2, 0.25) is 0 Å². The van der Waals surface area contributed by atoms with Crippen molar-refractivity contribution in [2.75, 3.05) is 19.6 Å². The van der Waals surface area contributed by atoms with Crippen molar-refractivity contribution in [2.45, 2.75) is 59.1 Å². The van der Waals surface area contributed by atoms with E-state index in [2.05, 4.69) is 16.7 Å². The SMILES string of the molecule is Cc1nn(C2CCN(C(=O)OC(C)(C)C)C2)c(C)c1CCN. The molecular formula is C16H28N4O2. The average molecular weight is 308 g/mol. The highest BCUT2D eigenvalue weighted by Crippen LogP contribution is 2.26.